The number of imidazole rings is 1. The molecular weight excluding hydrogens is 462 g/mol. The van der Waals surface area contributed by atoms with Gasteiger partial charge >= 0.3 is 0 Å². The maximum absolute atomic E-state index is 13.1. The largest absolute Gasteiger partial charge is 0.497 e. The first-order chi connectivity index (χ1) is 17.1. The first kappa shape index (κ1) is 22.7. The number of carbonyl (C=O) groups excluding carboxylic acids is 1. The van der Waals surface area contributed by atoms with Crippen LogP contribution in [-0.2, 0) is 0 Å². The molecule has 0 unspecified atom stereocenters. The molecule has 7 nitrogen and oxygen atoms in total. The van der Waals surface area contributed by atoms with Gasteiger partial charge in [-0.05, 0) is 68.4 Å². The highest BCUT2D eigenvalue weighted by Crippen LogP contribution is 2.32. The molecule has 0 bridgehead atoms. The van der Waals surface area contributed by atoms with Crippen LogP contribution in [0.5, 0.6) is 17.2 Å². The van der Waals surface area contributed by atoms with Gasteiger partial charge in [0.25, 0.3) is 5.91 Å². The highest BCUT2D eigenvalue weighted by atomic mass is 32.1. The molecule has 178 valence electrons. The molecule has 0 aliphatic rings. The summed E-state index contributed by atoms with van der Waals surface area (Å²) < 4.78 is 19.5. The zero-order valence-electron chi connectivity index (χ0n) is 19.7. The fraction of sp³-hybridized carbons (Fsp3) is 0.185. The Balaban J connectivity index is 1.42. The van der Waals surface area contributed by atoms with Gasteiger partial charge in [0.2, 0.25) is 0 Å². The molecule has 2 aromatic heterocycles. The minimum Gasteiger partial charge on any atom is -0.497 e. The Labute approximate surface area is 206 Å². The minimum absolute atomic E-state index is 0.216. The lowest BCUT2D eigenvalue weighted by atomic mass is 10.1. The van der Waals surface area contributed by atoms with E-state index in [2.05, 4.69) is 9.72 Å². The molecule has 0 saturated heterocycles. The third-order valence-electron chi connectivity index (χ3n) is 5.55. The van der Waals surface area contributed by atoms with Gasteiger partial charge in [0, 0.05) is 23.4 Å². The number of hydrogen-bond donors (Lipinski definition) is 1. The van der Waals surface area contributed by atoms with Crippen LogP contribution < -0.4 is 19.5 Å². The van der Waals surface area contributed by atoms with Gasteiger partial charge in [-0.1, -0.05) is 11.3 Å². The van der Waals surface area contributed by atoms with Crippen molar-refractivity contribution in [1.82, 2.24) is 9.38 Å². The molecular formula is C27H25N3O4S. The van der Waals surface area contributed by atoms with Crippen molar-refractivity contribution in [1.29, 1.82) is 0 Å². The smallest absolute Gasteiger partial charge is 0.255 e. The van der Waals surface area contributed by atoms with Gasteiger partial charge in [-0.2, -0.15) is 0 Å². The van der Waals surface area contributed by atoms with Crippen molar-refractivity contribution in [3.63, 3.8) is 0 Å². The Hall–Kier alpha value is -4.04. The fourth-order valence-electron chi connectivity index (χ4n) is 3.88. The number of rotatable bonds is 8. The van der Waals surface area contributed by atoms with Crippen molar-refractivity contribution < 1.29 is 19.0 Å². The monoisotopic (exact) mass is 487 g/mol. The summed E-state index contributed by atoms with van der Waals surface area (Å²) >= 11 is 1.55. The van der Waals surface area contributed by atoms with Gasteiger partial charge < -0.3 is 19.5 Å². The summed E-state index contributed by atoms with van der Waals surface area (Å²) in [6.07, 6.45) is 2.02. The highest BCUT2D eigenvalue weighted by Gasteiger charge is 2.15. The van der Waals surface area contributed by atoms with E-state index >= 15 is 0 Å². The predicted molar refractivity (Wildman–Crippen MR) is 139 cm³/mol. The lowest BCUT2D eigenvalue weighted by Gasteiger charge is -2.13. The number of amides is 1. The lowest BCUT2D eigenvalue weighted by molar-refractivity contribution is 0.102. The van der Waals surface area contributed by atoms with E-state index in [0.29, 0.717) is 36.0 Å². The van der Waals surface area contributed by atoms with E-state index in [1.165, 1.54) is 0 Å². The van der Waals surface area contributed by atoms with Crippen molar-refractivity contribution in [2.45, 2.75) is 13.8 Å². The van der Waals surface area contributed by atoms with Gasteiger partial charge in [0.1, 0.15) is 17.2 Å². The van der Waals surface area contributed by atoms with Gasteiger partial charge in [-0.15, -0.1) is 0 Å². The number of thiazole rings is 1. The zero-order chi connectivity index (χ0) is 24.4. The summed E-state index contributed by atoms with van der Waals surface area (Å²) in [5.41, 5.74) is 4.04. The molecule has 0 atom stereocenters. The van der Waals surface area contributed by atoms with Crippen LogP contribution >= 0.6 is 11.3 Å². The van der Waals surface area contributed by atoms with Gasteiger partial charge in [-0.25, -0.2) is 4.98 Å². The molecule has 0 fully saturated rings. The van der Waals surface area contributed by atoms with Gasteiger partial charge in [0.05, 0.1) is 41.9 Å². The Kier molecular flexibility index (Phi) is 6.29. The van der Waals surface area contributed by atoms with Crippen molar-refractivity contribution in [2.24, 2.45) is 0 Å². The molecule has 3 aromatic carbocycles. The molecule has 35 heavy (non-hydrogen) atoms. The van der Waals surface area contributed by atoms with Gasteiger partial charge in [0.15, 0.2) is 4.96 Å². The molecule has 0 radical (unpaired) electrons. The van der Waals surface area contributed by atoms with E-state index in [-0.39, 0.29) is 5.91 Å². The van der Waals surface area contributed by atoms with Crippen LogP contribution in [0, 0.1) is 0 Å². The molecule has 5 aromatic rings. The number of hydrogen-bond acceptors (Lipinski definition) is 6. The first-order valence-corrected chi connectivity index (χ1v) is 12.2. The van der Waals surface area contributed by atoms with Crippen LogP contribution in [0.3, 0.4) is 0 Å². The molecule has 0 aliphatic heterocycles. The predicted octanol–water partition coefficient (Wildman–Crippen LogP) is 6.27. The van der Waals surface area contributed by atoms with Gasteiger partial charge in [-0.3, -0.25) is 9.20 Å². The average Bonchev–Trinajstić information content (AvgIpc) is 3.43. The lowest BCUT2D eigenvalue weighted by Crippen LogP contribution is -2.13. The second-order valence-corrected chi connectivity index (χ2v) is 8.78. The third-order valence-corrected chi connectivity index (χ3v) is 6.57. The van der Waals surface area contributed by atoms with E-state index in [9.17, 15) is 4.79 Å². The zero-order valence-corrected chi connectivity index (χ0v) is 20.5. The summed E-state index contributed by atoms with van der Waals surface area (Å²) in [6.45, 7) is 4.86. The number of aromatic nitrogens is 2. The Morgan fingerprint density at radius 1 is 0.971 bits per heavy atom. The Bertz CT molecular complexity index is 1500. The van der Waals surface area contributed by atoms with Crippen LogP contribution in [-0.4, -0.2) is 35.6 Å². The maximum atomic E-state index is 13.1. The second-order valence-electron chi connectivity index (χ2n) is 7.77. The number of ether oxygens (including phenoxy) is 3. The molecule has 1 N–H and O–H groups in total. The number of anilines is 1. The van der Waals surface area contributed by atoms with Crippen molar-refractivity contribution in [3.05, 3.63) is 72.4 Å². The third kappa shape index (κ3) is 4.52. The summed E-state index contributed by atoms with van der Waals surface area (Å²) in [4.78, 5) is 18.7. The topological polar surface area (TPSA) is 74.1 Å². The van der Waals surface area contributed by atoms with Crippen LogP contribution in [0.15, 0.2) is 66.9 Å². The number of nitrogens with zero attached hydrogens (tertiary/aromatic N) is 2. The van der Waals surface area contributed by atoms with E-state index in [0.717, 1.165) is 32.2 Å². The number of benzene rings is 3. The standard InChI is InChI=1S/C27H25N3O4S/c1-4-33-20-11-13-24(34-5-2)21(15-20)28-26(31)18-8-12-23-25(14-18)35-27-29-22(16-30(23)27)17-6-9-19(32-3)10-7-17/h6-16H,4-5H2,1-3H3,(H,28,31). The number of fused-ring (bicyclic) bond motifs is 3. The normalized spacial score (nSPS) is 11.1. The minimum atomic E-state index is -0.216. The van der Waals surface area contributed by atoms with Crippen LogP contribution in [0.25, 0.3) is 26.4 Å². The maximum Gasteiger partial charge on any atom is 0.255 e. The first-order valence-electron chi connectivity index (χ1n) is 11.4. The molecule has 0 saturated carbocycles. The molecule has 0 aliphatic carbocycles. The average molecular weight is 488 g/mol. The second kappa shape index (κ2) is 9.68. The summed E-state index contributed by atoms with van der Waals surface area (Å²) in [5, 5.41) is 2.97. The Morgan fingerprint density at radius 2 is 1.74 bits per heavy atom. The fourth-order valence-corrected chi connectivity index (χ4v) is 4.93. The molecule has 5 rings (SSSR count). The summed E-state index contributed by atoms with van der Waals surface area (Å²) in [5.74, 6) is 1.87. The molecule has 1 amide bonds. The number of carbonyl (C=O) groups is 1. The number of methoxy groups -OCH3 is 1. The quantitative estimate of drug-likeness (QED) is 0.279. The van der Waals surface area contributed by atoms with E-state index in [1.54, 1.807) is 24.5 Å². The summed E-state index contributed by atoms with van der Waals surface area (Å²) in [7, 11) is 1.65. The Morgan fingerprint density at radius 3 is 2.49 bits per heavy atom. The van der Waals surface area contributed by atoms with E-state index in [1.807, 2.05) is 74.6 Å². The van der Waals surface area contributed by atoms with Crippen LogP contribution in [0.2, 0.25) is 0 Å². The molecule has 2 heterocycles. The SMILES string of the molecule is CCOc1ccc(OCC)c(NC(=O)c2ccc3c(c2)sc2nc(-c4ccc(OC)cc4)cn23)c1. The van der Waals surface area contributed by atoms with E-state index in [4.69, 9.17) is 19.2 Å². The van der Waals surface area contributed by atoms with Crippen molar-refractivity contribution >= 4 is 38.1 Å². The molecule has 0 spiro atoms. The summed E-state index contributed by atoms with van der Waals surface area (Å²) in [6, 6.07) is 18.9. The van der Waals surface area contributed by atoms with Crippen LogP contribution in [0.1, 0.15) is 24.2 Å². The highest BCUT2D eigenvalue weighted by molar-refractivity contribution is 7.23. The molecule has 8 heteroatoms. The number of nitrogens with one attached hydrogen (secondary N) is 1. The van der Waals surface area contributed by atoms with E-state index < -0.39 is 0 Å². The van der Waals surface area contributed by atoms with Crippen molar-refractivity contribution in [3.8, 4) is 28.5 Å². The van der Waals surface area contributed by atoms with Crippen molar-refractivity contribution in [2.75, 3.05) is 25.6 Å². The van der Waals surface area contributed by atoms with Crippen LogP contribution in [0.4, 0.5) is 5.69 Å².